The van der Waals surface area contributed by atoms with Crippen LogP contribution in [0.5, 0.6) is 11.5 Å². The zero-order valence-corrected chi connectivity index (χ0v) is 32.6. The number of phenolic OH excluding ortho intramolecular Hbond substituents is 2. The molecule has 1 spiro atoms. The largest absolute Gasteiger partial charge is 0.508 e. The fraction of sp³-hybridized carbons (Fsp3) is 0.750. The first-order chi connectivity index (χ1) is 25.9. The number of benzene rings is 1. The number of carbonyl (C=O) groups excluding carboxylic acids is 1. The molecule has 16 atom stereocenters. The second-order valence-corrected chi connectivity index (χ2v) is 19.8. The number of phenols is 2. The Morgan fingerprint density at radius 1 is 0.964 bits per heavy atom. The number of carbonyl (C=O) groups is 1. The molecule has 10 rings (SSSR count). The maximum Gasteiger partial charge on any atom is 0.160 e. The van der Waals surface area contributed by atoms with Gasteiger partial charge in [-0.2, -0.15) is 0 Å². The quantitative estimate of drug-likeness (QED) is 0.156. The van der Waals surface area contributed by atoms with Gasteiger partial charge >= 0.3 is 0 Å². The third kappa shape index (κ3) is 4.53. The molecule has 1 aromatic rings. The van der Waals surface area contributed by atoms with Crippen molar-refractivity contribution in [2.24, 2.45) is 45.8 Å². The second kappa shape index (κ2) is 12.1. The number of hydrogen-bond donors (Lipinski definition) is 8. The molecule has 0 radical (unpaired) electrons. The first-order valence-corrected chi connectivity index (χ1v) is 20.8. The highest BCUT2D eigenvalue weighted by atomic mass is 16.6. The highest BCUT2D eigenvalue weighted by Crippen LogP contribution is 2.75. The molecule has 8 N–H and O–H groups in total. The second-order valence-electron chi connectivity index (χ2n) is 19.8. The number of allylic oxidation sites excluding steroid dienone is 2. The molecule has 16 unspecified atom stereocenters. The average Bonchev–Trinajstić information content (AvgIpc) is 3.47. The Kier molecular flexibility index (Phi) is 8.40. The van der Waals surface area contributed by atoms with Crippen molar-refractivity contribution in [2.45, 2.75) is 139 Å². The van der Waals surface area contributed by atoms with Crippen molar-refractivity contribution in [1.82, 2.24) is 0 Å². The lowest BCUT2D eigenvalue weighted by Crippen LogP contribution is -2.70. The van der Waals surface area contributed by atoms with Gasteiger partial charge in [0.2, 0.25) is 0 Å². The van der Waals surface area contributed by atoms with Gasteiger partial charge in [-0.25, -0.2) is 0 Å². The minimum Gasteiger partial charge on any atom is -0.508 e. The Hall–Kier alpha value is -2.35. The maximum atomic E-state index is 15.0. The molecular formula is C44H60O11. The molecule has 1 saturated heterocycles. The summed E-state index contributed by atoms with van der Waals surface area (Å²) in [7, 11) is 0. The number of hydrogen-bond acceptors (Lipinski definition) is 11. The van der Waals surface area contributed by atoms with Gasteiger partial charge in [-0.05, 0) is 103 Å². The third-order valence-electron chi connectivity index (χ3n) is 17.7. The first-order valence-electron chi connectivity index (χ1n) is 20.8. The number of aliphatic hydroxyl groups is 6. The summed E-state index contributed by atoms with van der Waals surface area (Å²) >= 11 is 0. The van der Waals surface area contributed by atoms with Crippen LogP contribution in [-0.2, 0) is 20.7 Å². The molecule has 11 heteroatoms. The van der Waals surface area contributed by atoms with Crippen LogP contribution in [0, 0.1) is 45.8 Å². The molecule has 8 aliphatic carbocycles. The highest BCUT2D eigenvalue weighted by molar-refractivity contribution is 5.96. The molecule has 4 saturated carbocycles. The van der Waals surface area contributed by atoms with E-state index in [1.54, 1.807) is 12.1 Å². The zero-order valence-electron chi connectivity index (χ0n) is 32.6. The van der Waals surface area contributed by atoms with Gasteiger partial charge in [-0.3, -0.25) is 4.79 Å². The minimum atomic E-state index is -1.69. The lowest BCUT2D eigenvalue weighted by Gasteiger charge is -2.65. The molecule has 11 nitrogen and oxygen atoms in total. The van der Waals surface area contributed by atoms with Crippen LogP contribution in [0.15, 0.2) is 35.9 Å². The van der Waals surface area contributed by atoms with Gasteiger partial charge in [-0.1, -0.05) is 39.8 Å². The smallest absolute Gasteiger partial charge is 0.160 e. The zero-order chi connectivity index (χ0) is 39.3. The summed E-state index contributed by atoms with van der Waals surface area (Å²) in [6.07, 6.45) is 7.37. The van der Waals surface area contributed by atoms with E-state index in [1.165, 1.54) is 6.07 Å². The van der Waals surface area contributed by atoms with Crippen molar-refractivity contribution in [1.29, 1.82) is 0 Å². The Labute approximate surface area is 323 Å². The number of aliphatic hydroxyl groups excluding tert-OH is 3. The fourth-order valence-electron chi connectivity index (χ4n) is 14.8. The van der Waals surface area contributed by atoms with E-state index in [2.05, 4.69) is 19.1 Å². The van der Waals surface area contributed by atoms with Crippen molar-refractivity contribution in [3.63, 3.8) is 0 Å². The average molecular weight is 765 g/mol. The van der Waals surface area contributed by atoms with Crippen molar-refractivity contribution < 1.29 is 55.1 Å². The predicted molar refractivity (Wildman–Crippen MR) is 200 cm³/mol. The molecule has 55 heavy (non-hydrogen) atoms. The van der Waals surface area contributed by atoms with E-state index in [-0.39, 0.29) is 79.5 Å². The summed E-state index contributed by atoms with van der Waals surface area (Å²) in [5, 5.41) is 93.6. The molecule has 1 aromatic carbocycles. The van der Waals surface area contributed by atoms with Crippen LogP contribution >= 0.6 is 0 Å². The molecule has 1 heterocycles. The van der Waals surface area contributed by atoms with Gasteiger partial charge in [0.1, 0.15) is 22.7 Å². The standard InChI is InChI=1S/C44H60O11/c1-23-37(50)44(24-6-10-38(23,2)11-7-24)42(52,14-16-46)36-32(55-44)21-43(53)29-20-31(49)35-34-27-18-25(47)19-30(48)26(27)8-13-41(34,51)33(54-17-5-15-45)22-39(35,3)28(29)9-12-40(36,43)4/h6,10,18-20,23-24,28,32-37,45-48,50-53H,5,7-9,11-17,21-22H2,1-4H3. The lowest BCUT2D eigenvalue weighted by atomic mass is 9.41. The van der Waals surface area contributed by atoms with E-state index in [4.69, 9.17) is 9.47 Å². The molecule has 0 amide bonds. The first kappa shape index (κ1) is 38.2. The topological polar surface area (TPSA) is 197 Å². The molecule has 5 fully saturated rings. The van der Waals surface area contributed by atoms with Gasteiger partial charge in [-0.15, -0.1) is 0 Å². The summed E-state index contributed by atoms with van der Waals surface area (Å²) in [6.45, 7) is 7.98. The normalized spacial score (nSPS) is 51.8. The summed E-state index contributed by atoms with van der Waals surface area (Å²) in [5.74, 6) is -3.55. The SMILES string of the molecule is CC1C(O)C2(OC3CC4(O)C5=CC(=O)C6C7c8cc(O)cc(O)c8CCC7(O)C(OCCCO)CC6(C)C5CCC4(C)C3C2(O)CCO)C2C=CC1(C)CC2. The Morgan fingerprint density at radius 2 is 1.73 bits per heavy atom. The molecule has 1 aliphatic heterocycles. The predicted octanol–water partition coefficient (Wildman–Crippen LogP) is 3.56. The van der Waals surface area contributed by atoms with Crippen molar-refractivity contribution in [2.75, 3.05) is 19.8 Å². The monoisotopic (exact) mass is 764 g/mol. The Morgan fingerprint density at radius 3 is 2.42 bits per heavy atom. The molecule has 9 aliphatic rings. The van der Waals surface area contributed by atoms with Crippen molar-refractivity contribution in [3.8, 4) is 11.5 Å². The van der Waals surface area contributed by atoms with E-state index in [0.29, 0.717) is 48.8 Å². The summed E-state index contributed by atoms with van der Waals surface area (Å²) < 4.78 is 13.6. The Balaban J connectivity index is 1.15. The number of rotatable bonds is 6. The molecule has 302 valence electrons. The third-order valence-corrected chi connectivity index (χ3v) is 17.7. The number of aromatic hydroxyl groups is 2. The van der Waals surface area contributed by atoms with Crippen LogP contribution in [0.25, 0.3) is 0 Å². The van der Waals surface area contributed by atoms with Gasteiger partial charge in [0, 0.05) is 67.8 Å². The van der Waals surface area contributed by atoms with E-state index in [0.717, 1.165) is 12.8 Å². The molecule has 0 aromatic heterocycles. The van der Waals surface area contributed by atoms with Crippen LogP contribution in [0.3, 0.4) is 0 Å². The maximum absolute atomic E-state index is 15.0. The number of ketones is 1. The number of fused-ring (bicyclic) bond motifs is 13. The molecular weight excluding hydrogens is 704 g/mol. The van der Waals surface area contributed by atoms with E-state index in [1.807, 2.05) is 20.8 Å². The van der Waals surface area contributed by atoms with Crippen LogP contribution in [0.1, 0.15) is 103 Å². The molecule has 2 bridgehead atoms. The van der Waals surface area contributed by atoms with Gasteiger partial charge < -0.3 is 50.3 Å². The van der Waals surface area contributed by atoms with Gasteiger partial charge in [0.05, 0.1) is 29.5 Å². The van der Waals surface area contributed by atoms with E-state index in [9.17, 15) is 45.6 Å². The van der Waals surface area contributed by atoms with E-state index >= 15 is 0 Å². The van der Waals surface area contributed by atoms with Gasteiger partial charge in [0.25, 0.3) is 0 Å². The number of ether oxygens (including phenoxy) is 2. The van der Waals surface area contributed by atoms with Crippen LogP contribution < -0.4 is 0 Å². The van der Waals surface area contributed by atoms with Crippen LogP contribution in [0.4, 0.5) is 0 Å². The van der Waals surface area contributed by atoms with Crippen LogP contribution in [0.2, 0.25) is 0 Å². The minimum absolute atomic E-state index is 0.0297. The lowest BCUT2D eigenvalue weighted by molar-refractivity contribution is -0.246. The van der Waals surface area contributed by atoms with Crippen molar-refractivity contribution in [3.05, 3.63) is 47.1 Å². The fourth-order valence-corrected chi connectivity index (χ4v) is 14.8. The van der Waals surface area contributed by atoms with Crippen LogP contribution in [-0.4, -0.2) is 107 Å². The summed E-state index contributed by atoms with van der Waals surface area (Å²) in [6, 6.07) is 2.84. The Bertz CT molecular complexity index is 1840. The summed E-state index contributed by atoms with van der Waals surface area (Å²) in [4.78, 5) is 15.0. The van der Waals surface area contributed by atoms with Gasteiger partial charge in [0.15, 0.2) is 5.78 Å². The summed E-state index contributed by atoms with van der Waals surface area (Å²) in [5.41, 5.74) is -6.51. The van der Waals surface area contributed by atoms with E-state index < -0.39 is 69.3 Å². The highest BCUT2D eigenvalue weighted by Gasteiger charge is 2.82. The van der Waals surface area contributed by atoms with Crippen molar-refractivity contribution >= 4 is 5.78 Å².